The highest BCUT2D eigenvalue weighted by atomic mass is 16.6. The molecule has 0 saturated carbocycles. The summed E-state index contributed by atoms with van der Waals surface area (Å²) in [4.78, 5) is 16.9. The molecule has 2 aliphatic heterocycles. The monoisotopic (exact) mass is 426 g/mol. The molecule has 32 heavy (non-hydrogen) atoms. The zero-order valence-electron chi connectivity index (χ0n) is 18.5. The van der Waals surface area contributed by atoms with E-state index < -0.39 is 0 Å². The molecule has 0 aliphatic carbocycles. The van der Waals surface area contributed by atoms with Crippen LogP contribution in [0.25, 0.3) is 11.1 Å². The first kappa shape index (κ1) is 20.6. The van der Waals surface area contributed by atoms with Gasteiger partial charge in [0.2, 0.25) is 0 Å². The van der Waals surface area contributed by atoms with Crippen molar-refractivity contribution in [3.63, 3.8) is 0 Å². The molecule has 164 valence electrons. The summed E-state index contributed by atoms with van der Waals surface area (Å²) in [5.74, 6) is 0.615. The highest BCUT2D eigenvalue weighted by Gasteiger charge is 2.39. The van der Waals surface area contributed by atoms with Gasteiger partial charge in [-0.2, -0.15) is 0 Å². The minimum atomic E-state index is -0.221. The van der Waals surface area contributed by atoms with E-state index in [1.54, 1.807) is 0 Å². The van der Waals surface area contributed by atoms with E-state index in [1.165, 1.54) is 29.7 Å². The van der Waals surface area contributed by atoms with E-state index in [9.17, 15) is 4.79 Å². The molecule has 2 fully saturated rings. The maximum absolute atomic E-state index is 12.5. The Kier molecular flexibility index (Phi) is 5.85. The fraction of sp³-hybridized carbons (Fsp3) is 0.321. The van der Waals surface area contributed by atoms with Crippen LogP contribution in [0.4, 0.5) is 10.5 Å². The standard InChI is InChI=1S/C28H30N2O2/c31-27(32-26-12-5-2-6-13-26)30-20-16-28(17-21-30)14-18-29(19-15-28)25-11-7-10-24(22-25)23-8-3-1-4-9-23/h1-13,22H,14-21H2. The number of carbonyl (C=O) groups excluding carboxylic acids is 1. The molecule has 1 spiro atoms. The molecule has 2 aliphatic rings. The van der Waals surface area contributed by atoms with Gasteiger partial charge >= 0.3 is 6.09 Å². The normalized spacial score (nSPS) is 17.9. The Morgan fingerprint density at radius 1 is 0.688 bits per heavy atom. The number of nitrogens with zero attached hydrogens (tertiary/aromatic N) is 2. The molecular formula is C28H30N2O2. The fourth-order valence-corrected chi connectivity index (χ4v) is 5.07. The summed E-state index contributed by atoms with van der Waals surface area (Å²) < 4.78 is 5.53. The summed E-state index contributed by atoms with van der Waals surface area (Å²) in [6, 6.07) is 28.8. The van der Waals surface area contributed by atoms with Crippen molar-refractivity contribution >= 4 is 11.8 Å². The van der Waals surface area contributed by atoms with Crippen LogP contribution in [0.2, 0.25) is 0 Å². The van der Waals surface area contributed by atoms with E-state index in [0.29, 0.717) is 11.2 Å². The first-order valence-electron chi connectivity index (χ1n) is 11.6. The van der Waals surface area contributed by atoms with Crippen LogP contribution in [0, 0.1) is 5.41 Å². The van der Waals surface area contributed by atoms with Gasteiger partial charge in [-0.15, -0.1) is 0 Å². The smallest absolute Gasteiger partial charge is 0.410 e. The molecule has 0 unspecified atom stereocenters. The molecule has 4 heteroatoms. The number of likely N-dealkylation sites (tertiary alicyclic amines) is 1. The Hall–Kier alpha value is -3.27. The molecule has 1 amide bonds. The van der Waals surface area contributed by atoms with Gasteiger partial charge in [-0.25, -0.2) is 4.79 Å². The van der Waals surface area contributed by atoms with Gasteiger partial charge in [0, 0.05) is 31.9 Å². The summed E-state index contributed by atoms with van der Waals surface area (Å²) >= 11 is 0. The van der Waals surface area contributed by atoms with E-state index in [-0.39, 0.29) is 6.09 Å². The van der Waals surface area contributed by atoms with Crippen molar-refractivity contribution in [3.05, 3.63) is 84.9 Å². The zero-order chi connectivity index (χ0) is 21.8. The van der Waals surface area contributed by atoms with Gasteiger partial charge in [0.1, 0.15) is 5.75 Å². The number of benzene rings is 3. The number of ether oxygens (including phenoxy) is 1. The molecule has 0 radical (unpaired) electrons. The van der Waals surface area contributed by atoms with Crippen molar-refractivity contribution < 1.29 is 9.53 Å². The summed E-state index contributed by atoms with van der Waals surface area (Å²) in [6.07, 6.45) is 4.28. The van der Waals surface area contributed by atoms with Crippen molar-refractivity contribution in [1.82, 2.24) is 4.90 Å². The maximum atomic E-state index is 12.5. The number of piperidine rings is 2. The largest absolute Gasteiger partial charge is 0.415 e. The van der Waals surface area contributed by atoms with E-state index in [2.05, 4.69) is 59.5 Å². The number of para-hydroxylation sites is 1. The minimum absolute atomic E-state index is 0.221. The summed E-state index contributed by atoms with van der Waals surface area (Å²) in [6.45, 7) is 3.73. The lowest BCUT2D eigenvalue weighted by atomic mass is 9.71. The van der Waals surface area contributed by atoms with Gasteiger partial charge in [0.05, 0.1) is 0 Å². The molecule has 5 rings (SSSR count). The molecule has 3 aromatic carbocycles. The number of anilines is 1. The van der Waals surface area contributed by atoms with Crippen LogP contribution in [-0.2, 0) is 0 Å². The van der Waals surface area contributed by atoms with Crippen molar-refractivity contribution in [2.45, 2.75) is 25.7 Å². The molecule has 4 nitrogen and oxygen atoms in total. The number of hydrogen-bond acceptors (Lipinski definition) is 3. The SMILES string of the molecule is O=C(Oc1ccccc1)N1CCC2(CC1)CCN(c1cccc(-c3ccccc3)c1)CC2. The third-order valence-corrected chi connectivity index (χ3v) is 7.17. The Morgan fingerprint density at radius 3 is 1.97 bits per heavy atom. The third-order valence-electron chi connectivity index (χ3n) is 7.17. The Bertz CT molecular complexity index is 1030. The Labute approximate surface area is 190 Å². The topological polar surface area (TPSA) is 32.8 Å². The quantitative estimate of drug-likeness (QED) is 0.497. The van der Waals surface area contributed by atoms with E-state index in [4.69, 9.17) is 4.74 Å². The second kappa shape index (κ2) is 9.07. The molecule has 2 saturated heterocycles. The third kappa shape index (κ3) is 4.50. The van der Waals surface area contributed by atoms with Crippen LogP contribution in [0.5, 0.6) is 5.75 Å². The molecular weight excluding hydrogens is 396 g/mol. The maximum Gasteiger partial charge on any atom is 0.415 e. The van der Waals surface area contributed by atoms with Crippen LogP contribution in [-0.4, -0.2) is 37.2 Å². The number of hydrogen-bond donors (Lipinski definition) is 0. The van der Waals surface area contributed by atoms with Gasteiger partial charge in [-0.3, -0.25) is 0 Å². The summed E-state index contributed by atoms with van der Waals surface area (Å²) in [5, 5.41) is 0. The Balaban J connectivity index is 1.16. The minimum Gasteiger partial charge on any atom is -0.410 e. The molecule has 3 aromatic rings. The Morgan fingerprint density at radius 2 is 1.28 bits per heavy atom. The van der Waals surface area contributed by atoms with Crippen LogP contribution in [0.3, 0.4) is 0 Å². The van der Waals surface area contributed by atoms with Crippen LogP contribution in [0.15, 0.2) is 84.9 Å². The predicted octanol–water partition coefficient (Wildman–Crippen LogP) is 6.24. The molecule has 2 heterocycles. The fourth-order valence-electron chi connectivity index (χ4n) is 5.07. The second-order valence-corrected chi connectivity index (χ2v) is 9.07. The van der Waals surface area contributed by atoms with Crippen molar-refractivity contribution in [2.75, 3.05) is 31.1 Å². The van der Waals surface area contributed by atoms with Gasteiger partial charge < -0.3 is 14.5 Å². The van der Waals surface area contributed by atoms with Crippen molar-refractivity contribution in [2.24, 2.45) is 5.41 Å². The van der Waals surface area contributed by atoms with Gasteiger partial charge in [0.25, 0.3) is 0 Å². The summed E-state index contributed by atoms with van der Waals surface area (Å²) in [5.41, 5.74) is 4.20. The number of carbonyl (C=O) groups is 1. The molecule has 0 atom stereocenters. The van der Waals surface area contributed by atoms with Gasteiger partial charge in [-0.1, -0.05) is 60.7 Å². The second-order valence-electron chi connectivity index (χ2n) is 9.07. The molecule has 0 N–H and O–H groups in total. The van der Waals surface area contributed by atoms with E-state index in [1.807, 2.05) is 35.2 Å². The predicted molar refractivity (Wildman–Crippen MR) is 129 cm³/mol. The van der Waals surface area contributed by atoms with Gasteiger partial charge in [-0.05, 0) is 66.5 Å². The average Bonchev–Trinajstić information content (AvgIpc) is 2.86. The van der Waals surface area contributed by atoms with Crippen LogP contribution in [0.1, 0.15) is 25.7 Å². The first-order valence-corrected chi connectivity index (χ1v) is 11.6. The van der Waals surface area contributed by atoms with Crippen LogP contribution >= 0.6 is 0 Å². The number of rotatable bonds is 3. The van der Waals surface area contributed by atoms with Crippen LogP contribution < -0.4 is 9.64 Å². The van der Waals surface area contributed by atoms with E-state index >= 15 is 0 Å². The zero-order valence-corrected chi connectivity index (χ0v) is 18.5. The lowest BCUT2D eigenvalue weighted by Crippen LogP contribution is -2.48. The van der Waals surface area contributed by atoms with Crippen molar-refractivity contribution in [1.29, 1.82) is 0 Å². The highest BCUT2D eigenvalue weighted by Crippen LogP contribution is 2.42. The first-order chi connectivity index (χ1) is 15.7. The van der Waals surface area contributed by atoms with Crippen molar-refractivity contribution in [3.8, 4) is 16.9 Å². The molecule has 0 aromatic heterocycles. The number of amides is 1. The highest BCUT2D eigenvalue weighted by molar-refractivity contribution is 5.71. The van der Waals surface area contributed by atoms with Gasteiger partial charge in [0.15, 0.2) is 0 Å². The lowest BCUT2D eigenvalue weighted by Gasteiger charge is -2.47. The average molecular weight is 427 g/mol. The molecule has 0 bridgehead atoms. The lowest BCUT2D eigenvalue weighted by molar-refractivity contribution is 0.0769. The summed E-state index contributed by atoms with van der Waals surface area (Å²) in [7, 11) is 0. The van der Waals surface area contributed by atoms with E-state index in [0.717, 1.165) is 39.0 Å².